The molecule has 0 N–H and O–H groups in total. The molecule has 0 unspecified atom stereocenters. The summed E-state index contributed by atoms with van der Waals surface area (Å²) in [6.45, 7) is 5.17. The first-order valence-electron chi connectivity index (χ1n) is 6.08. The van der Waals surface area contributed by atoms with Crippen LogP contribution in [0.15, 0.2) is 29.2 Å². The molecule has 0 atom stereocenters. The highest BCUT2D eigenvalue weighted by Gasteiger charge is 2.33. The molecule has 1 aliphatic heterocycles. The zero-order chi connectivity index (χ0) is 13.4. The van der Waals surface area contributed by atoms with Crippen molar-refractivity contribution in [1.29, 1.82) is 0 Å². The molecule has 0 radical (unpaired) electrons. The van der Waals surface area contributed by atoms with Crippen LogP contribution in [0.25, 0.3) is 0 Å². The number of piperidine rings is 1. The van der Waals surface area contributed by atoms with Crippen LogP contribution >= 0.6 is 0 Å². The standard InChI is InChI=1S/C13H18FNO2S/c1-13(2)7-9-15(10-8-13)18(16,17)12-6-4-3-5-11(12)14/h3-6H,7-10H2,1-2H3. The van der Waals surface area contributed by atoms with Gasteiger partial charge in [-0.3, -0.25) is 0 Å². The number of hydrogen-bond acceptors (Lipinski definition) is 2. The predicted octanol–water partition coefficient (Wildman–Crippen LogP) is 2.64. The molecule has 1 aliphatic rings. The van der Waals surface area contributed by atoms with Gasteiger partial charge in [0.2, 0.25) is 10.0 Å². The second-order valence-electron chi connectivity index (χ2n) is 5.50. The zero-order valence-electron chi connectivity index (χ0n) is 10.7. The molecule has 0 spiro atoms. The normalized spacial score (nSPS) is 20.8. The molecule has 1 heterocycles. The van der Waals surface area contributed by atoms with E-state index >= 15 is 0 Å². The van der Waals surface area contributed by atoms with Crippen molar-refractivity contribution >= 4 is 10.0 Å². The van der Waals surface area contributed by atoms with Crippen molar-refractivity contribution in [2.45, 2.75) is 31.6 Å². The van der Waals surface area contributed by atoms with Crippen molar-refractivity contribution in [3.05, 3.63) is 30.1 Å². The van der Waals surface area contributed by atoms with Gasteiger partial charge < -0.3 is 0 Å². The lowest BCUT2D eigenvalue weighted by Gasteiger charge is -2.36. The van der Waals surface area contributed by atoms with Gasteiger partial charge in [-0.05, 0) is 30.4 Å². The largest absolute Gasteiger partial charge is 0.245 e. The zero-order valence-corrected chi connectivity index (χ0v) is 11.5. The first kappa shape index (κ1) is 13.5. The van der Waals surface area contributed by atoms with E-state index in [0.717, 1.165) is 12.8 Å². The van der Waals surface area contributed by atoms with Crippen LogP contribution in [0.1, 0.15) is 26.7 Å². The van der Waals surface area contributed by atoms with E-state index in [1.165, 1.54) is 22.5 Å². The van der Waals surface area contributed by atoms with E-state index in [1.54, 1.807) is 6.07 Å². The lowest BCUT2D eigenvalue weighted by Crippen LogP contribution is -2.41. The van der Waals surface area contributed by atoms with Crippen LogP contribution in [0.3, 0.4) is 0 Å². The van der Waals surface area contributed by atoms with E-state index in [2.05, 4.69) is 13.8 Å². The topological polar surface area (TPSA) is 37.4 Å². The van der Waals surface area contributed by atoms with Crippen molar-refractivity contribution in [3.8, 4) is 0 Å². The fourth-order valence-corrected chi connectivity index (χ4v) is 3.63. The van der Waals surface area contributed by atoms with Crippen LogP contribution in [-0.4, -0.2) is 25.8 Å². The van der Waals surface area contributed by atoms with Gasteiger partial charge in [-0.2, -0.15) is 4.31 Å². The fourth-order valence-electron chi connectivity index (χ4n) is 2.12. The summed E-state index contributed by atoms with van der Waals surface area (Å²) in [6, 6.07) is 5.54. The molecule has 1 aromatic rings. The number of hydrogen-bond donors (Lipinski definition) is 0. The fraction of sp³-hybridized carbons (Fsp3) is 0.538. The maximum Gasteiger partial charge on any atom is 0.245 e. The Morgan fingerprint density at radius 3 is 2.28 bits per heavy atom. The van der Waals surface area contributed by atoms with Gasteiger partial charge in [0, 0.05) is 13.1 Å². The number of rotatable bonds is 2. The third-order valence-corrected chi connectivity index (χ3v) is 5.46. The van der Waals surface area contributed by atoms with E-state index in [9.17, 15) is 12.8 Å². The maximum absolute atomic E-state index is 13.6. The first-order valence-corrected chi connectivity index (χ1v) is 7.52. The molecule has 18 heavy (non-hydrogen) atoms. The lowest BCUT2D eigenvalue weighted by atomic mass is 9.83. The monoisotopic (exact) mass is 271 g/mol. The van der Waals surface area contributed by atoms with E-state index in [-0.39, 0.29) is 10.3 Å². The Labute approximate surface area is 108 Å². The van der Waals surface area contributed by atoms with Gasteiger partial charge >= 0.3 is 0 Å². The minimum absolute atomic E-state index is 0.168. The Kier molecular flexibility index (Phi) is 3.47. The molecule has 2 rings (SSSR count). The molecule has 5 heteroatoms. The molecular formula is C13H18FNO2S. The summed E-state index contributed by atoms with van der Waals surface area (Å²) >= 11 is 0. The van der Waals surface area contributed by atoms with Gasteiger partial charge in [-0.15, -0.1) is 0 Å². The van der Waals surface area contributed by atoms with E-state index in [0.29, 0.717) is 13.1 Å². The summed E-state index contributed by atoms with van der Waals surface area (Å²) in [5.74, 6) is -0.678. The Morgan fingerprint density at radius 1 is 1.17 bits per heavy atom. The smallest absolute Gasteiger partial charge is 0.207 e. The van der Waals surface area contributed by atoms with E-state index in [4.69, 9.17) is 0 Å². The summed E-state index contributed by atoms with van der Waals surface area (Å²) in [7, 11) is -3.68. The van der Waals surface area contributed by atoms with Crippen LogP contribution in [0.2, 0.25) is 0 Å². The number of halogens is 1. The number of benzene rings is 1. The SMILES string of the molecule is CC1(C)CCN(S(=O)(=O)c2ccccc2F)CC1. The van der Waals surface area contributed by atoms with Gasteiger partial charge in [-0.1, -0.05) is 26.0 Å². The Morgan fingerprint density at radius 2 is 1.72 bits per heavy atom. The van der Waals surface area contributed by atoms with Gasteiger partial charge in [0.15, 0.2) is 0 Å². The molecule has 0 bridgehead atoms. The van der Waals surface area contributed by atoms with Crippen molar-refractivity contribution in [3.63, 3.8) is 0 Å². The summed E-state index contributed by atoms with van der Waals surface area (Å²) in [5.41, 5.74) is 0.168. The van der Waals surface area contributed by atoms with Crippen LogP contribution in [0, 0.1) is 11.2 Å². The van der Waals surface area contributed by atoms with Crippen molar-refractivity contribution in [2.75, 3.05) is 13.1 Å². The number of sulfonamides is 1. The molecule has 100 valence electrons. The van der Waals surface area contributed by atoms with Gasteiger partial charge in [0.25, 0.3) is 0 Å². The molecule has 1 fully saturated rings. The van der Waals surface area contributed by atoms with Gasteiger partial charge in [-0.25, -0.2) is 12.8 Å². The molecule has 1 saturated heterocycles. The molecule has 3 nitrogen and oxygen atoms in total. The summed E-state index contributed by atoms with van der Waals surface area (Å²) in [5, 5.41) is 0. The van der Waals surface area contributed by atoms with Crippen molar-refractivity contribution in [1.82, 2.24) is 4.31 Å². The maximum atomic E-state index is 13.6. The summed E-state index contributed by atoms with van der Waals surface area (Å²) in [6.07, 6.45) is 1.61. The lowest BCUT2D eigenvalue weighted by molar-refractivity contribution is 0.195. The highest BCUT2D eigenvalue weighted by Crippen LogP contribution is 2.32. The Bertz CT molecular complexity index is 530. The predicted molar refractivity (Wildman–Crippen MR) is 68.2 cm³/mol. The highest BCUT2D eigenvalue weighted by atomic mass is 32.2. The van der Waals surface area contributed by atoms with Gasteiger partial charge in [0.1, 0.15) is 10.7 Å². The first-order chi connectivity index (χ1) is 8.33. The quantitative estimate of drug-likeness (QED) is 0.829. The third-order valence-electron chi connectivity index (χ3n) is 3.53. The molecule has 0 saturated carbocycles. The molecule has 1 aromatic carbocycles. The second kappa shape index (κ2) is 4.63. The summed E-state index contributed by atoms with van der Waals surface area (Å²) in [4.78, 5) is -0.218. The average molecular weight is 271 g/mol. The van der Waals surface area contributed by atoms with Crippen molar-refractivity contribution < 1.29 is 12.8 Å². The second-order valence-corrected chi connectivity index (χ2v) is 7.41. The van der Waals surface area contributed by atoms with Crippen LogP contribution < -0.4 is 0 Å². The van der Waals surface area contributed by atoms with Gasteiger partial charge in [0.05, 0.1) is 0 Å². The van der Waals surface area contributed by atoms with Crippen LogP contribution in [0.5, 0.6) is 0 Å². The Balaban J connectivity index is 2.26. The number of nitrogens with zero attached hydrogens (tertiary/aromatic N) is 1. The third kappa shape index (κ3) is 2.57. The van der Waals surface area contributed by atoms with E-state index < -0.39 is 15.8 Å². The average Bonchev–Trinajstić information content (AvgIpc) is 2.28. The van der Waals surface area contributed by atoms with Crippen molar-refractivity contribution in [2.24, 2.45) is 5.41 Å². The minimum Gasteiger partial charge on any atom is -0.207 e. The van der Waals surface area contributed by atoms with Crippen LogP contribution in [0.4, 0.5) is 4.39 Å². The minimum atomic E-state index is -3.68. The molecule has 0 amide bonds. The molecule has 0 aliphatic carbocycles. The molecule has 0 aromatic heterocycles. The molecular weight excluding hydrogens is 253 g/mol. The van der Waals surface area contributed by atoms with E-state index in [1.807, 2.05) is 0 Å². The summed E-state index contributed by atoms with van der Waals surface area (Å²) < 4.78 is 39.6. The Hall–Kier alpha value is -0.940. The van der Waals surface area contributed by atoms with Crippen LogP contribution in [-0.2, 0) is 10.0 Å². The highest BCUT2D eigenvalue weighted by molar-refractivity contribution is 7.89.